The van der Waals surface area contributed by atoms with E-state index >= 15 is 0 Å². The monoisotopic (exact) mass is 376 g/mol. The van der Waals surface area contributed by atoms with Crippen molar-refractivity contribution in [2.45, 2.75) is 17.7 Å². The van der Waals surface area contributed by atoms with Gasteiger partial charge in [-0.1, -0.05) is 12.1 Å². The molecule has 0 radical (unpaired) electrons. The van der Waals surface area contributed by atoms with E-state index in [1.165, 1.54) is 22.3 Å². The van der Waals surface area contributed by atoms with Gasteiger partial charge in [-0.05, 0) is 81.4 Å². The molecule has 0 amide bonds. The maximum Gasteiger partial charge on any atom is 0.119 e. The van der Waals surface area contributed by atoms with Gasteiger partial charge in [0.15, 0.2) is 0 Å². The van der Waals surface area contributed by atoms with E-state index in [1.54, 1.807) is 13.4 Å². The lowest BCUT2D eigenvalue weighted by molar-refractivity contribution is 0.414. The second kappa shape index (κ2) is 6.39. The first-order chi connectivity index (χ1) is 10.6. The van der Waals surface area contributed by atoms with Crippen LogP contribution in [0.3, 0.4) is 0 Å². The summed E-state index contributed by atoms with van der Waals surface area (Å²) in [6.07, 6.45) is 3.68. The second-order valence-electron chi connectivity index (χ2n) is 5.29. The Labute approximate surface area is 141 Å². The van der Waals surface area contributed by atoms with Gasteiger partial charge in [0.2, 0.25) is 0 Å². The van der Waals surface area contributed by atoms with E-state index in [-0.39, 0.29) is 0 Å². The smallest absolute Gasteiger partial charge is 0.119 e. The molecule has 2 nitrogen and oxygen atoms in total. The maximum atomic E-state index is 11.5. The molecule has 0 aromatic heterocycles. The van der Waals surface area contributed by atoms with E-state index in [4.69, 9.17) is 4.74 Å². The molecule has 114 valence electrons. The fourth-order valence-corrected chi connectivity index (χ4v) is 4.10. The zero-order valence-electron chi connectivity index (χ0n) is 12.6. The molecule has 0 saturated heterocycles. The minimum atomic E-state index is -0.933. The highest BCUT2D eigenvalue weighted by Gasteiger charge is 2.19. The van der Waals surface area contributed by atoms with Gasteiger partial charge in [-0.15, -0.1) is 0 Å². The van der Waals surface area contributed by atoms with Gasteiger partial charge >= 0.3 is 0 Å². The normalized spacial score (nSPS) is 15.4. The van der Waals surface area contributed by atoms with Crippen molar-refractivity contribution in [2.24, 2.45) is 0 Å². The predicted octanol–water partition coefficient (Wildman–Crippen LogP) is 4.64. The van der Waals surface area contributed by atoms with Crippen molar-refractivity contribution in [2.75, 3.05) is 13.4 Å². The largest absolute Gasteiger partial charge is 0.497 e. The molecule has 1 aliphatic carbocycles. The number of benzene rings is 2. The van der Waals surface area contributed by atoms with Gasteiger partial charge in [-0.3, -0.25) is 4.21 Å². The predicted molar refractivity (Wildman–Crippen MR) is 95.8 cm³/mol. The lowest BCUT2D eigenvalue weighted by atomic mass is 9.88. The second-order valence-corrected chi connectivity index (χ2v) is 7.47. The van der Waals surface area contributed by atoms with Gasteiger partial charge in [-0.2, -0.15) is 0 Å². The number of methoxy groups -OCH3 is 1. The van der Waals surface area contributed by atoms with Crippen LogP contribution < -0.4 is 4.74 Å². The first-order valence-corrected chi connectivity index (χ1v) is 9.45. The summed E-state index contributed by atoms with van der Waals surface area (Å²) in [7, 11) is 0.762. The molecule has 0 aliphatic heterocycles. The lowest BCUT2D eigenvalue weighted by Crippen LogP contribution is -2.02. The molecule has 3 rings (SSSR count). The molecule has 0 saturated carbocycles. The number of fused-ring (bicyclic) bond motifs is 1. The molecule has 1 aliphatic rings. The third kappa shape index (κ3) is 2.90. The number of rotatable bonds is 3. The van der Waals surface area contributed by atoms with Crippen LogP contribution in [-0.4, -0.2) is 17.6 Å². The first kappa shape index (κ1) is 15.5. The Morgan fingerprint density at radius 3 is 2.45 bits per heavy atom. The number of aryl methyl sites for hydroxylation is 1. The van der Waals surface area contributed by atoms with Crippen molar-refractivity contribution < 1.29 is 8.95 Å². The van der Waals surface area contributed by atoms with Crippen molar-refractivity contribution in [1.82, 2.24) is 0 Å². The van der Waals surface area contributed by atoms with Crippen LogP contribution in [0.1, 0.15) is 23.1 Å². The van der Waals surface area contributed by atoms with Gasteiger partial charge in [0.25, 0.3) is 0 Å². The summed E-state index contributed by atoms with van der Waals surface area (Å²) in [6, 6.07) is 14.2. The molecule has 0 N–H and O–H groups in total. The van der Waals surface area contributed by atoms with E-state index < -0.39 is 10.8 Å². The van der Waals surface area contributed by atoms with E-state index in [0.717, 1.165) is 28.0 Å². The summed E-state index contributed by atoms with van der Waals surface area (Å²) in [5.41, 5.74) is 5.01. The summed E-state index contributed by atoms with van der Waals surface area (Å²) < 4.78 is 17.9. The van der Waals surface area contributed by atoms with Crippen LogP contribution >= 0.6 is 15.9 Å². The number of allylic oxidation sites excluding steroid dienone is 1. The van der Waals surface area contributed by atoms with Crippen molar-refractivity contribution >= 4 is 36.8 Å². The molecule has 2 aromatic carbocycles. The zero-order chi connectivity index (χ0) is 15.7. The Hall–Kier alpha value is -1.39. The molecule has 0 fully saturated rings. The van der Waals surface area contributed by atoms with Crippen LogP contribution in [0.4, 0.5) is 0 Å². The topological polar surface area (TPSA) is 26.3 Å². The van der Waals surface area contributed by atoms with Crippen molar-refractivity contribution in [1.29, 1.82) is 0 Å². The van der Waals surface area contributed by atoms with Gasteiger partial charge < -0.3 is 4.74 Å². The molecule has 4 heteroatoms. The highest BCUT2D eigenvalue weighted by molar-refractivity contribution is 9.15. The van der Waals surface area contributed by atoms with Crippen molar-refractivity contribution in [3.8, 4) is 5.75 Å². The summed E-state index contributed by atoms with van der Waals surface area (Å²) in [4.78, 5) is 0.862. The number of hydrogen-bond acceptors (Lipinski definition) is 2. The molecule has 0 spiro atoms. The summed E-state index contributed by atoms with van der Waals surface area (Å²) in [5.74, 6) is 0.900. The fraction of sp³-hybridized carbons (Fsp3) is 0.222. The minimum absolute atomic E-state index is 0.862. The molecule has 2 aromatic rings. The standard InChI is InChI=1S/C18H17BrO2S/c1-21-14-6-10-17-13(11-14)5-9-16(18(17)19)12-3-7-15(8-4-12)22(2)20/h3-4,6-8,10-11H,5,9H2,1-2H3. The molecule has 1 atom stereocenters. The Kier molecular flexibility index (Phi) is 4.50. The molecular formula is C18H17BrO2S. The lowest BCUT2D eigenvalue weighted by Gasteiger charge is -2.21. The van der Waals surface area contributed by atoms with Crippen LogP contribution in [0.2, 0.25) is 0 Å². The highest BCUT2D eigenvalue weighted by atomic mass is 79.9. The van der Waals surface area contributed by atoms with Gasteiger partial charge in [0, 0.05) is 26.4 Å². The average molecular weight is 377 g/mol. The first-order valence-electron chi connectivity index (χ1n) is 7.10. The summed E-state index contributed by atoms with van der Waals surface area (Å²) in [6.45, 7) is 0. The molecule has 0 bridgehead atoms. The van der Waals surface area contributed by atoms with E-state index in [9.17, 15) is 4.21 Å². The van der Waals surface area contributed by atoms with E-state index in [0.29, 0.717) is 0 Å². The zero-order valence-corrected chi connectivity index (χ0v) is 15.0. The van der Waals surface area contributed by atoms with E-state index in [1.807, 2.05) is 18.2 Å². The van der Waals surface area contributed by atoms with Crippen molar-refractivity contribution in [3.05, 3.63) is 59.2 Å². The Morgan fingerprint density at radius 1 is 1.09 bits per heavy atom. The van der Waals surface area contributed by atoms with Crippen LogP contribution in [0, 0.1) is 0 Å². The van der Waals surface area contributed by atoms with Crippen LogP contribution in [0.15, 0.2) is 47.4 Å². The minimum Gasteiger partial charge on any atom is -0.497 e. The third-order valence-electron chi connectivity index (χ3n) is 3.99. The van der Waals surface area contributed by atoms with E-state index in [2.05, 4.69) is 40.2 Å². The van der Waals surface area contributed by atoms with Crippen LogP contribution in [0.25, 0.3) is 10.1 Å². The fourth-order valence-electron chi connectivity index (χ4n) is 2.77. The number of halogens is 1. The summed E-state index contributed by atoms with van der Waals surface area (Å²) >= 11 is 3.76. The Balaban J connectivity index is 2.01. The number of ether oxygens (including phenoxy) is 1. The van der Waals surface area contributed by atoms with Crippen LogP contribution in [0.5, 0.6) is 5.75 Å². The Morgan fingerprint density at radius 2 is 1.82 bits per heavy atom. The molecule has 0 heterocycles. The molecule has 22 heavy (non-hydrogen) atoms. The molecule has 1 unspecified atom stereocenters. The SMILES string of the molecule is COc1ccc2c(c1)CCC(c1ccc(S(C)=O)cc1)=C2Br. The highest BCUT2D eigenvalue weighted by Crippen LogP contribution is 2.41. The summed E-state index contributed by atoms with van der Waals surface area (Å²) in [5, 5.41) is 0. The Bertz CT molecular complexity index is 763. The van der Waals surface area contributed by atoms with Gasteiger partial charge in [0.05, 0.1) is 7.11 Å². The van der Waals surface area contributed by atoms with Gasteiger partial charge in [0.1, 0.15) is 5.75 Å². The molecular weight excluding hydrogens is 360 g/mol. The number of hydrogen-bond donors (Lipinski definition) is 0. The third-order valence-corrected chi connectivity index (χ3v) is 5.83. The van der Waals surface area contributed by atoms with Crippen molar-refractivity contribution in [3.63, 3.8) is 0 Å². The average Bonchev–Trinajstić information content (AvgIpc) is 2.55. The maximum absolute atomic E-state index is 11.5. The quantitative estimate of drug-likeness (QED) is 0.779. The van der Waals surface area contributed by atoms with Gasteiger partial charge in [-0.25, -0.2) is 0 Å². The van der Waals surface area contributed by atoms with Crippen LogP contribution in [-0.2, 0) is 17.2 Å².